The summed E-state index contributed by atoms with van der Waals surface area (Å²) in [6, 6.07) is 22.7. The molecule has 0 saturated carbocycles. The summed E-state index contributed by atoms with van der Waals surface area (Å²) in [7, 11) is 2.08. The summed E-state index contributed by atoms with van der Waals surface area (Å²) in [4.78, 5) is 15.3. The van der Waals surface area contributed by atoms with E-state index in [1.54, 1.807) is 0 Å². The van der Waals surface area contributed by atoms with Gasteiger partial charge in [-0.15, -0.1) is 0 Å². The largest absolute Gasteiger partial charge is 0.492 e. The van der Waals surface area contributed by atoms with Gasteiger partial charge >= 0.3 is 0 Å². The number of likely N-dealkylation sites (tertiary alicyclic amines) is 1. The van der Waals surface area contributed by atoms with Crippen molar-refractivity contribution < 1.29 is 9.53 Å². The Morgan fingerprint density at radius 1 is 1.00 bits per heavy atom. The minimum atomic E-state index is 0.00103. The standard InChI is InChI=1S/C26H27BN2O2/c27-22-7-5-19(6-8-22)20-2-1-3-21(15-20)25(30)29-12-10-26(11-13-29)17-31-24-9-4-18(16-28)14-23(24)26/h1-9,14-15H,10-13,16-17,27-28H2. The molecule has 4 nitrogen and oxygen atoms in total. The Hall–Kier alpha value is -3.05. The number of carbonyl (C=O) groups is 1. The second kappa shape index (κ2) is 7.90. The Morgan fingerprint density at radius 3 is 2.52 bits per heavy atom. The lowest BCUT2D eigenvalue weighted by Crippen LogP contribution is -2.46. The lowest BCUT2D eigenvalue weighted by Gasteiger charge is -2.38. The predicted molar refractivity (Wildman–Crippen MR) is 127 cm³/mol. The minimum absolute atomic E-state index is 0.00103. The molecule has 0 radical (unpaired) electrons. The molecule has 0 bridgehead atoms. The molecule has 2 aliphatic heterocycles. The number of carbonyl (C=O) groups excluding carboxylic acids is 1. The van der Waals surface area contributed by atoms with E-state index in [1.165, 1.54) is 11.0 Å². The third kappa shape index (κ3) is 3.64. The Morgan fingerprint density at radius 2 is 1.77 bits per heavy atom. The SMILES string of the molecule is Bc1ccc(-c2cccc(C(=O)N3CCC4(CC3)COc3ccc(CN)cc34)c2)cc1. The predicted octanol–water partition coefficient (Wildman–Crippen LogP) is 2.64. The third-order valence-electron chi connectivity index (χ3n) is 6.86. The number of nitrogens with zero attached hydrogens (tertiary/aromatic N) is 1. The fourth-order valence-corrected chi connectivity index (χ4v) is 4.85. The molecule has 0 aromatic heterocycles. The molecule has 156 valence electrons. The van der Waals surface area contributed by atoms with Crippen molar-refractivity contribution in [3.05, 3.63) is 83.4 Å². The van der Waals surface area contributed by atoms with Crippen molar-refractivity contribution >= 4 is 19.2 Å². The van der Waals surface area contributed by atoms with Crippen LogP contribution in [0.1, 0.15) is 34.3 Å². The van der Waals surface area contributed by atoms with E-state index >= 15 is 0 Å². The van der Waals surface area contributed by atoms with Crippen LogP contribution in [-0.4, -0.2) is 38.3 Å². The van der Waals surface area contributed by atoms with E-state index in [4.69, 9.17) is 10.5 Å². The second-order valence-electron chi connectivity index (χ2n) is 8.84. The zero-order chi connectivity index (χ0) is 21.4. The first-order valence-corrected chi connectivity index (χ1v) is 11.0. The van der Waals surface area contributed by atoms with E-state index in [0.717, 1.165) is 53.9 Å². The first-order valence-electron chi connectivity index (χ1n) is 11.0. The van der Waals surface area contributed by atoms with Gasteiger partial charge in [0, 0.05) is 36.2 Å². The minimum Gasteiger partial charge on any atom is -0.492 e. The molecule has 31 heavy (non-hydrogen) atoms. The van der Waals surface area contributed by atoms with Crippen LogP contribution in [0.3, 0.4) is 0 Å². The normalized spacial score (nSPS) is 16.7. The zero-order valence-electron chi connectivity index (χ0n) is 17.9. The molecule has 2 heterocycles. The van der Waals surface area contributed by atoms with Gasteiger partial charge in [-0.1, -0.05) is 54.0 Å². The van der Waals surface area contributed by atoms with Crippen molar-refractivity contribution in [1.29, 1.82) is 0 Å². The Labute approximate surface area is 184 Å². The van der Waals surface area contributed by atoms with Gasteiger partial charge in [-0.2, -0.15) is 0 Å². The number of ether oxygens (including phenoxy) is 1. The second-order valence-corrected chi connectivity index (χ2v) is 8.84. The molecule has 1 saturated heterocycles. The fraction of sp³-hybridized carbons (Fsp3) is 0.269. The van der Waals surface area contributed by atoms with Gasteiger partial charge in [0.1, 0.15) is 13.6 Å². The number of fused-ring (bicyclic) bond motifs is 2. The lowest BCUT2D eigenvalue weighted by molar-refractivity contribution is 0.0646. The highest BCUT2D eigenvalue weighted by Gasteiger charge is 2.43. The van der Waals surface area contributed by atoms with E-state index in [9.17, 15) is 4.79 Å². The van der Waals surface area contributed by atoms with Gasteiger partial charge in [0.05, 0.1) is 6.61 Å². The van der Waals surface area contributed by atoms with Crippen LogP contribution in [0.15, 0.2) is 66.7 Å². The van der Waals surface area contributed by atoms with Crippen molar-refractivity contribution in [3.63, 3.8) is 0 Å². The van der Waals surface area contributed by atoms with Crippen LogP contribution in [-0.2, 0) is 12.0 Å². The van der Waals surface area contributed by atoms with Crippen LogP contribution >= 0.6 is 0 Å². The Bertz CT molecular complexity index is 1120. The molecule has 1 fully saturated rings. The molecule has 5 heteroatoms. The van der Waals surface area contributed by atoms with Crippen LogP contribution < -0.4 is 15.9 Å². The Kier molecular flexibility index (Phi) is 5.07. The topological polar surface area (TPSA) is 55.6 Å². The van der Waals surface area contributed by atoms with Gasteiger partial charge < -0.3 is 15.4 Å². The zero-order valence-corrected chi connectivity index (χ0v) is 17.9. The quantitative estimate of drug-likeness (QED) is 0.676. The first kappa shape index (κ1) is 19.9. The van der Waals surface area contributed by atoms with E-state index in [-0.39, 0.29) is 11.3 Å². The Balaban J connectivity index is 1.33. The van der Waals surface area contributed by atoms with Gasteiger partial charge in [0.15, 0.2) is 0 Å². The molecular weight excluding hydrogens is 383 g/mol. The number of rotatable bonds is 3. The number of amides is 1. The van der Waals surface area contributed by atoms with E-state index in [1.807, 2.05) is 35.2 Å². The number of hydrogen-bond donors (Lipinski definition) is 1. The number of benzene rings is 3. The molecule has 1 amide bonds. The number of piperidine rings is 1. The molecule has 2 N–H and O–H groups in total. The van der Waals surface area contributed by atoms with Crippen LogP contribution in [0.4, 0.5) is 0 Å². The van der Waals surface area contributed by atoms with Crippen molar-refractivity contribution in [2.24, 2.45) is 5.73 Å². The molecule has 0 atom stereocenters. The van der Waals surface area contributed by atoms with Gasteiger partial charge in [0.2, 0.25) is 0 Å². The summed E-state index contributed by atoms with van der Waals surface area (Å²) in [5.41, 5.74) is 12.5. The summed E-state index contributed by atoms with van der Waals surface area (Å²) in [5.74, 6) is 1.08. The van der Waals surface area contributed by atoms with E-state index < -0.39 is 0 Å². The molecule has 3 aromatic rings. The molecule has 5 rings (SSSR count). The van der Waals surface area contributed by atoms with Crippen molar-refractivity contribution in [2.75, 3.05) is 19.7 Å². The smallest absolute Gasteiger partial charge is 0.253 e. The molecule has 3 aromatic carbocycles. The fourth-order valence-electron chi connectivity index (χ4n) is 4.85. The van der Waals surface area contributed by atoms with Gasteiger partial charge in [-0.25, -0.2) is 0 Å². The summed E-state index contributed by atoms with van der Waals surface area (Å²) in [6.45, 7) is 2.71. The molecule has 2 aliphatic rings. The van der Waals surface area contributed by atoms with Gasteiger partial charge in [-0.3, -0.25) is 4.79 Å². The molecular formula is C26H27BN2O2. The summed E-state index contributed by atoms with van der Waals surface area (Å²) < 4.78 is 6.00. The van der Waals surface area contributed by atoms with E-state index in [2.05, 4.69) is 44.2 Å². The average molecular weight is 410 g/mol. The third-order valence-corrected chi connectivity index (χ3v) is 6.86. The van der Waals surface area contributed by atoms with E-state index in [0.29, 0.717) is 13.2 Å². The summed E-state index contributed by atoms with van der Waals surface area (Å²) in [5, 5.41) is 0. The first-order chi connectivity index (χ1) is 15.1. The molecule has 0 aliphatic carbocycles. The number of nitrogens with two attached hydrogens (primary N) is 1. The van der Waals surface area contributed by atoms with Crippen molar-refractivity contribution in [2.45, 2.75) is 24.8 Å². The monoisotopic (exact) mass is 410 g/mol. The highest BCUT2D eigenvalue weighted by molar-refractivity contribution is 6.32. The van der Waals surface area contributed by atoms with Crippen LogP contribution in [0.2, 0.25) is 0 Å². The van der Waals surface area contributed by atoms with Gasteiger partial charge in [0.25, 0.3) is 5.91 Å². The molecule has 1 spiro atoms. The van der Waals surface area contributed by atoms with Gasteiger partial charge in [-0.05, 0) is 47.7 Å². The number of hydrogen-bond acceptors (Lipinski definition) is 3. The summed E-state index contributed by atoms with van der Waals surface area (Å²) >= 11 is 0. The maximum Gasteiger partial charge on any atom is 0.253 e. The van der Waals surface area contributed by atoms with Crippen LogP contribution in [0, 0.1) is 0 Å². The van der Waals surface area contributed by atoms with Crippen LogP contribution in [0.25, 0.3) is 11.1 Å². The highest BCUT2D eigenvalue weighted by atomic mass is 16.5. The lowest BCUT2D eigenvalue weighted by atomic mass is 9.74. The summed E-state index contributed by atoms with van der Waals surface area (Å²) in [6.07, 6.45) is 1.83. The maximum absolute atomic E-state index is 13.3. The van der Waals surface area contributed by atoms with Crippen molar-refractivity contribution in [3.8, 4) is 16.9 Å². The highest BCUT2D eigenvalue weighted by Crippen LogP contribution is 2.46. The van der Waals surface area contributed by atoms with Crippen molar-refractivity contribution in [1.82, 2.24) is 4.90 Å². The molecule has 0 unspecified atom stereocenters. The maximum atomic E-state index is 13.3. The van der Waals surface area contributed by atoms with Crippen LogP contribution in [0.5, 0.6) is 5.75 Å². The average Bonchev–Trinajstić information content (AvgIpc) is 3.17.